The van der Waals surface area contributed by atoms with Crippen LogP contribution < -0.4 is 16.8 Å². The van der Waals surface area contributed by atoms with E-state index in [2.05, 4.69) is 20.3 Å². The van der Waals surface area contributed by atoms with E-state index >= 15 is 0 Å². The van der Waals surface area contributed by atoms with Crippen molar-refractivity contribution in [3.8, 4) is 0 Å². The topological polar surface area (TPSA) is 197 Å². The number of ether oxygens (including phenoxy) is 4. The third-order valence-electron chi connectivity index (χ3n) is 4.94. The number of anilines is 1. The summed E-state index contributed by atoms with van der Waals surface area (Å²) in [5, 5.41) is 2.60. The Kier molecular flexibility index (Phi) is 8.03. The molecule has 0 aromatic carbocycles. The van der Waals surface area contributed by atoms with Gasteiger partial charge in [-0.1, -0.05) is 0 Å². The first-order valence-corrected chi connectivity index (χ1v) is 11.5. The van der Waals surface area contributed by atoms with E-state index in [4.69, 9.17) is 39.5 Å². The molecule has 5 atom stereocenters. The molecule has 5 N–H and O–H groups in total. The van der Waals surface area contributed by atoms with Crippen LogP contribution in [0.3, 0.4) is 0 Å². The molecule has 5 unspecified atom stereocenters. The van der Waals surface area contributed by atoms with Crippen LogP contribution >= 0.6 is 8.25 Å². The van der Waals surface area contributed by atoms with Gasteiger partial charge in [0.2, 0.25) is 0 Å². The zero-order valence-corrected chi connectivity index (χ0v) is 18.6. The number of nitrogens with one attached hydrogen (secondary N) is 1. The Labute approximate surface area is 189 Å². The molecule has 16 heteroatoms. The number of amides is 1. The fraction of sp³-hybridized carbons (Fsp3) is 0.647. The van der Waals surface area contributed by atoms with Crippen LogP contribution in [0.1, 0.15) is 6.23 Å². The molecule has 0 radical (unpaired) electrons. The van der Waals surface area contributed by atoms with Crippen LogP contribution in [-0.4, -0.2) is 90.0 Å². The number of nitrogen functional groups attached to an aromatic ring is 1. The Balaban J connectivity index is 1.39. The van der Waals surface area contributed by atoms with Gasteiger partial charge in [-0.3, -0.25) is 9.13 Å². The standard InChI is InChI=1S/C17H26N7O8P/c18-1-3-27-5-6-28-4-2-20-17(25)31-13-12-10(7-29-33(26)32-12)30-16(13)24-9-23-11-14(19)21-8-22-15(11)24/h8-10,12-13,16,33H,1-7,18H2,(H,20,25)(H2,19,21,22). The molecule has 0 bridgehead atoms. The van der Waals surface area contributed by atoms with Crippen molar-refractivity contribution in [3.63, 3.8) is 0 Å². The SMILES string of the molecule is NCCOCCOCCNC(=O)OC1C2O[PH](=O)OCC2OC1n1cnc2c(N)ncnc21. The van der Waals surface area contributed by atoms with Crippen molar-refractivity contribution >= 4 is 31.3 Å². The molecule has 2 aromatic rings. The summed E-state index contributed by atoms with van der Waals surface area (Å²) < 4.78 is 46.1. The molecule has 33 heavy (non-hydrogen) atoms. The third-order valence-corrected chi connectivity index (χ3v) is 5.80. The minimum atomic E-state index is -2.74. The lowest BCUT2D eigenvalue weighted by atomic mass is 10.1. The summed E-state index contributed by atoms with van der Waals surface area (Å²) in [7, 11) is -2.74. The van der Waals surface area contributed by atoms with E-state index in [0.717, 1.165) is 0 Å². The lowest BCUT2D eigenvalue weighted by Gasteiger charge is -2.27. The minimum absolute atomic E-state index is 0.0320. The maximum atomic E-state index is 12.5. The monoisotopic (exact) mass is 487 g/mol. The lowest BCUT2D eigenvalue weighted by Crippen LogP contribution is -2.42. The van der Waals surface area contributed by atoms with Crippen molar-refractivity contribution in [1.29, 1.82) is 0 Å². The molecule has 0 spiro atoms. The Morgan fingerprint density at radius 2 is 2.06 bits per heavy atom. The van der Waals surface area contributed by atoms with Crippen LogP contribution in [0.25, 0.3) is 11.2 Å². The van der Waals surface area contributed by atoms with Crippen molar-refractivity contribution in [2.24, 2.45) is 5.73 Å². The highest BCUT2D eigenvalue weighted by molar-refractivity contribution is 7.33. The number of carbonyl (C=O) groups is 1. The van der Waals surface area contributed by atoms with Gasteiger partial charge < -0.3 is 44.8 Å². The average molecular weight is 487 g/mol. The quantitative estimate of drug-likeness (QED) is 0.278. The second kappa shape index (κ2) is 11.2. The number of alkyl carbamates (subject to hydrolysis) is 1. The summed E-state index contributed by atoms with van der Waals surface area (Å²) in [5.41, 5.74) is 12.0. The van der Waals surface area contributed by atoms with E-state index in [1.54, 1.807) is 4.57 Å². The van der Waals surface area contributed by atoms with Crippen molar-refractivity contribution < 1.29 is 37.4 Å². The van der Waals surface area contributed by atoms with Gasteiger partial charge in [-0.2, -0.15) is 0 Å². The predicted molar refractivity (Wildman–Crippen MR) is 112 cm³/mol. The number of rotatable bonds is 10. The van der Waals surface area contributed by atoms with E-state index in [0.29, 0.717) is 37.5 Å². The fourth-order valence-electron chi connectivity index (χ4n) is 3.48. The Morgan fingerprint density at radius 1 is 1.24 bits per heavy atom. The molecule has 15 nitrogen and oxygen atoms in total. The summed E-state index contributed by atoms with van der Waals surface area (Å²) in [5.74, 6) is 0.197. The largest absolute Gasteiger partial charge is 0.438 e. The van der Waals surface area contributed by atoms with E-state index in [1.165, 1.54) is 12.7 Å². The molecule has 4 heterocycles. The number of hydrogen-bond donors (Lipinski definition) is 3. The molecule has 4 rings (SSSR count). The maximum Gasteiger partial charge on any atom is 0.407 e. The van der Waals surface area contributed by atoms with Gasteiger partial charge in [0.05, 0.1) is 39.4 Å². The third kappa shape index (κ3) is 5.58. The first kappa shape index (κ1) is 23.8. The smallest absolute Gasteiger partial charge is 0.407 e. The van der Waals surface area contributed by atoms with Gasteiger partial charge in [0.1, 0.15) is 24.1 Å². The van der Waals surface area contributed by atoms with Crippen LogP contribution in [0, 0.1) is 0 Å². The molecule has 2 fully saturated rings. The van der Waals surface area contributed by atoms with Crippen LogP contribution in [0.15, 0.2) is 12.7 Å². The molecule has 0 saturated carbocycles. The highest BCUT2D eigenvalue weighted by Crippen LogP contribution is 2.44. The number of fused-ring (bicyclic) bond motifs is 2. The van der Waals surface area contributed by atoms with Gasteiger partial charge >= 0.3 is 14.3 Å². The molecule has 0 aliphatic carbocycles. The number of hydrogen-bond acceptors (Lipinski definition) is 13. The van der Waals surface area contributed by atoms with Gasteiger partial charge in [-0.15, -0.1) is 0 Å². The Morgan fingerprint density at radius 3 is 2.88 bits per heavy atom. The molecule has 1 amide bonds. The first-order valence-electron chi connectivity index (χ1n) is 10.3. The molecule has 2 aliphatic heterocycles. The van der Waals surface area contributed by atoms with Crippen molar-refractivity contribution in [1.82, 2.24) is 24.8 Å². The van der Waals surface area contributed by atoms with Crippen LogP contribution in [-0.2, 0) is 32.6 Å². The van der Waals surface area contributed by atoms with Crippen LogP contribution in [0.2, 0.25) is 0 Å². The van der Waals surface area contributed by atoms with Crippen molar-refractivity contribution in [2.45, 2.75) is 24.5 Å². The van der Waals surface area contributed by atoms with Crippen molar-refractivity contribution in [2.75, 3.05) is 51.9 Å². The molecular weight excluding hydrogens is 461 g/mol. The number of aromatic nitrogens is 4. The summed E-state index contributed by atoms with van der Waals surface area (Å²) in [6, 6.07) is 0. The molecule has 182 valence electrons. The van der Waals surface area contributed by atoms with Crippen molar-refractivity contribution in [3.05, 3.63) is 12.7 Å². The van der Waals surface area contributed by atoms with Gasteiger partial charge in [-0.05, 0) is 0 Å². The predicted octanol–water partition coefficient (Wildman–Crippen LogP) is -0.802. The molecule has 2 aliphatic rings. The van der Waals surface area contributed by atoms with Crippen LogP contribution in [0.5, 0.6) is 0 Å². The van der Waals surface area contributed by atoms with Gasteiger partial charge in [0.25, 0.3) is 0 Å². The Bertz CT molecular complexity index is 978. The maximum absolute atomic E-state index is 12.5. The minimum Gasteiger partial charge on any atom is -0.438 e. The summed E-state index contributed by atoms with van der Waals surface area (Å²) in [4.78, 5) is 24.8. The lowest BCUT2D eigenvalue weighted by molar-refractivity contribution is -0.0560. The zero-order valence-electron chi connectivity index (χ0n) is 17.6. The van der Waals surface area contributed by atoms with E-state index < -0.39 is 38.9 Å². The zero-order chi connectivity index (χ0) is 23.2. The number of nitrogens with zero attached hydrogens (tertiary/aromatic N) is 4. The van der Waals surface area contributed by atoms with Gasteiger partial charge in [0.15, 0.2) is 23.8 Å². The van der Waals surface area contributed by atoms with Crippen LogP contribution in [0.4, 0.5) is 10.6 Å². The second-order valence-electron chi connectivity index (χ2n) is 7.10. The van der Waals surface area contributed by atoms with E-state index in [9.17, 15) is 9.36 Å². The Hall–Kier alpha value is -2.39. The summed E-state index contributed by atoms with van der Waals surface area (Å²) in [6.07, 6.45) is -1.19. The molecule has 2 aromatic heterocycles. The number of nitrogens with two attached hydrogens (primary N) is 2. The number of imidazole rings is 1. The number of carbonyl (C=O) groups excluding carboxylic acids is 1. The highest BCUT2D eigenvalue weighted by Gasteiger charge is 2.52. The second-order valence-corrected chi connectivity index (χ2v) is 8.13. The average Bonchev–Trinajstić information content (AvgIpc) is 3.38. The normalized spacial score (nSPS) is 26.9. The summed E-state index contributed by atoms with van der Waals surface area (Å²) >= 11 is 0. The van der Waals surface area contributed by atoms with Gasteiger partial charge in [-0.25, -0.2) is 19.7 Å². The molecular formula is C17H26N7O8P. The first-order chi connectivity index (χ1) is 16.1. The fourth-order valence-corrected chi connectivity index (χ4v) is 4.36. The van der Waals surface area contributed by atoms with E-state index in [1.807, 2.05) is 0 Å². The van der Waals surface area contributed by atoms with E-state index in [-0.39, 0.29) is 25.6 Å². The van der Waals surface area contributed by atoms with Gasteiger partial charge in [0, 0.05) is 13.1 Å². The summed E-state index contributed by atoms with van der Waals surface area (Å²) in [6.45, 7) is 2.20. The highest BCUT2D eigenvalue weighted by atomic mass is 31.1. The molecule has 2 saturated heterocycles.